The summed E-state index contributed by atoms with van der Waals surface area (Å²) in [7, 11) is 0. The van der Waals surface area contributed by atoms with Crippen molar-refractivity contribution in [3.63, 3.8) is 0 Å². The number of hydrogen-bond donors (Lipinski definition) is 3. The summed E-state index contributed by atoms with van der Waals surface area (Å²) < 4.78 is 0. The maximum atomic E-state index is 12.1. The van der Waals surface area contributed by atoms with E-state index in [1.165, 1.54) is 11.3 Å². The standard InChI is InChI=1S/C17H22N2O2S/c1-11(2)14-6-4-5-12(3)16(14)19-17(21)18-9-15(20)13-7-8-22-10-13/h4-8,10-11,15,20H,9H2,1-3H3,(H2,18,19,21). The Morgan fingerprint density at radius 3 is 2.73 bits per heavy atom. The molecule has 0 bridgehead atoms. The number of urea groups is 1. The van der Waals surface area contributed by atoms with E-state index in [9.17, 15) is 9.90 Å². The van der Waals surface area contributed by atoms with Crippen LogP contribution in [0.25, 0.3) is 0 Å². The number of carbonyl (C=O) groups excluding carboxylic acids is 1. The molecule has 0 saturated heterocycles. The molecule has 0 aliphatic rings. The van der Waals surface area contributed by atoms with E-state index in [2.05, 4.69) is 24.5 Å². The number of rotatable bonds is 5. The Morgan fingerprint density at radius 2 is 2.09 bits per heavy atom. The van der Waals surface area contributed by atoms with Crippen molar-refractivity contribution in [1.82, 2.24) is 5.32 Å². The molecule has 0 aliphatic heterocycles. The monoisotopic (exact) mass is 318 g/mol. The SMILES string of the molecule is Cc1cccc(C(C)C)c1NC(=O)NCC(O)c1ccsc1. The van der Waals surface area contributed by atoms with Gasteiger partial charge in [-0.3, -0.25) is 0 Å². The van der Waals surface area contributed by atoms with Crippen molar-refractivity contribution in [1.29, 1.82) is 0 Å². The largest absolute Gasteiger partial charge is 0.387 e. The predicted molar refractivity (Wildman–Crippen MR) is 91.6 cm³/mol. The molecule has 118 valence electrons. The third kappa shape index (κ3) is 4.08. The van der Waals surface area contributed by atoms with Crippen molar-refractivity contribution in [3.05, 3.63) is 51.7 Å². The number of thiophene rings is 1. The molecule has 0 spiro atoms. The Morgan fingerprint density at radius 1 is 1.32 bits per heavy atom. The van der Waals surface area contributed by atoms with Gasteiger partial charge in [-0.1, -0.05) is 32.0 Å². The molecule has 2 rings (SSSR count). The highest BCUT2D eigenvalue weighted by Crippen LogP contribution is 2.27. The zero-order chi connectivity index (χ0) is 16.1. The molecule has 0 saturated carbocycles. The van der Waals surface area contributed by atoms with Crippen molar-refractivity contribution >= 4 is 23.1 Å². The third-order valence-electron chi connectivity index (χ3n) is 3.55. The van der Waals surface area contributed by atoms with E-state index in [1.54, 1.807) is 0 Å². The fourth-order valence-electron chi connectivity index (χ4n) is 2.27. The minimum absolute atomic E-state index is 0.186. The van der Waals surface area contributed by atoms with Crippen molar-refractivity contribution in [2.75, 3.05) is 11.9 Å². The molecule has 1 heterocycles. The van der Waals surface area contributed by atoms with Crippen LogP contribution in [0.4, 0.5) is 10.5 Å². The molecule has 0 aliphatic carbocycles. The van der Waals surface area contributed by atoms with Crippen LogP contribution < -0.4 is 10.6 Å². The van der Waals surface area contributed by atoms with Crippen LogP contribution in [-0.4, -0.2) is 17.7 Å². The lowest BCUT2D eigenvalue weighted by Crippen LogP contribution is -2.32. The number of para-hydroxylation sites is 1. The molecule has 22 heavy (non-hydrogen) atoms. The van der Waals surface area contributed by atoms with Gasteiger partial charge in [0.15, 0.2) is 0 Å². The van der Waals surface area contributed by atoms with Gasteiger partial charge in [0.1, 0.15) is 0 Å². The van der Waals surface area contributed by atoms with Crippen LogP contribution in [0, 0.1) is 6.92 Å². The van der Waals surface area contributed by atoms with Gasteiger partial charge >= 0.3 is 6.03 Å². The van der Waals surface area contributed by atoms with Crippen molar-refractivity contribution in [2.24, 2.45) is 0 Å². The summed E-state index contributed by atoms with van der Waals surface area (Å²) in [4.78, 5) is 12.1. The van der Waals surface area contributed by atoms with Crippen molar-refractivity contribution in [2.45, 2.75) is 32.8 Å². The van der Waals surface area contributed by atoms with Gasteiger partial charge in [-0.25, -0.2) is 4.79 Å². The maximum Gasteiger partial charge on any atom is 0.319 e. The number of aliphatic hydroxyl groups is 1. The van der Waals surface area contributed by atoms with Gasteiger partial charge in [-0.05, 0) is 46.4 Å². The van der Waals surface area contributed by atoms with Crippen LogP contribution in [-0.2, 0) is 0 Å². The van der Waals surface area contributed by atoms with Gasteiger partial charge in [-0.2, -0.15) is 11.3 Å². The van der Waals surface area contributed by atoms with Crippen LogP contribution >= 0.6 is 11.3 Å². The topological polar surface area (TPSA) is 61.4 Å². The van der Waals surface area contributed by atoms with Gasteiger partial charge < -0.3 is 15.7 Å². The highest BCUT2D eigenvalue weighted by atomic mass is 32.1. The highest BCUT2D eigenvalue weighted by Gasteiger charge is 2.13. The third-order valence-corrected chi connectivity index (χ3v) is 4.25. The first-order chi connectivity index (χ1) is 10.5. The summed E-state index contributed by atoms with van der Waals surface area (Å²) in [5.41, 5.74) is 3.80. The fraction of sp³-hybridized carbons (Fsp3) is 0.353. The summed E-state index contributed by atoms with van der Waals surface area (Å²) in [5.74, 6) is 0.326. The first-order valence-electron chi connectivity index (χ1n) is 7.33. The number of hydrogen-bond acceptors (Lipinski definition) is 3. The number of nitrogens with one attached hydrogen (secondary N) is 2. The second-order valence-electron chi connectivity index (χ2n) is 5.60. The van der Waals surface area contributed by atoms with Crippen LogP contribution in [0.1, 0.15) is 42.6 Å². The first kappa shape index (κ1) is 16.5. The molecule has 2 amide bonds. The Bertz CT molecular complexity index is 624. The zero-order valence-electron chi connectivity index (χ0n) is 13.1. The minimum Gasteiger partial charge on any atom is -0.387 e. The molecule has 4 nitrogen and oxygen atoms in total. The van der Waals surface area contributed by atoms with Crippen LogP contribution in [0.5, 0.6) is 0 Å². The lowest BCUT2D eigenvalue weighted by atomic mass is 9.98. The van der Waals surface area contributed by atoms with Crippen molar-refractivity contribution < 1.29 is 9.90 Å². The molecule has 2 aromatic rings. The smallest absolute Gasteiger partial charge is 0.319 e. The van der Waals surface area contributed by atoms with Gasteiger partial charge in [0.2, 0.25) is 0 Å². The van der Waals surface area contributed by atoms with Crippen LogP contribution in [0.2, 0.25) is 0 Å². The molecule has 3 N–H and O–H groups in total. The summed E-state index contributed by atoms with van der Waals surface area (Å²) in [5, 5.41) is 19.4. The average Bonchev–Trinajstić information content (AvgIpc) is 3.01. The number of aliphatic hydroxyl groups excluding tert-OH is 1. The van der Waals surface area contributed by atoms with E-state index >= 15 is 0 Å². The highest BCUT2D eigenvalue weighted by molar-refractivity contribution is 7.07. The predicted octanol–water partition coefficient (Wildman–Crippen LogP) is 4.04. The van der Waals surface area contributed by atoms with E-state index in [0.29, 0.717) is 5.92 Å². The number of carbonyl (C=O) groups is 1. The van der Waals surface area contributed by atoms with Gasteiger partial charge in [0.05, 0.1) is 6.10 Å². The molecular formula is C17H22N2O2S. The summed E-state index contributed by atoms with van der Waals surface area (Å²) in [6.45, 7) is 6.35. The van der Waals surface area contributed by atoms with E-state index in [4.69, 9.17) is 0 Å². The number of benzene rings is 1. The van der Waals surface area contributed by atoms with Crippen LogP contribution in [0.15, 0.2) is 35.0 Å². The van der Waals surface area contributed by atoms with E-state index in [0.717, 1.165) is 22.4 Å². The lowest BCUT2D eigenvalue weighted by Gasteiger charge is -2.17. The van der Waals surface area contributed by atoms with Gasteiger partial charge in [0, 0.05) is 12.2 Å². The van der Waals surface area contributed by atoms with Gasteiger partial charge in [0.25, 0.3) is 0 Å². The molecule has 1 aromatic heterocycles. The Balaban J connectivity index is 1.98. The fourth-order valence-corrected chi connectivity index (χ4v) is 2.98. The minimum atomic E-state index is -0.682. The maximum absolute atomic E-state index is 12.1. The van der Waals surface area contributed by atoms with E-state index in [1.807, 2.05) is 41.9 Å². The first-order valence-corrected chi connectivity index (χ1v) is 8.28. The zero-order valence-corrected chi connectivity index (χ0v) is 13.9. The van der Waals surface area contributed by atoms with Crippen LogP contribution in [0.3, 0.4) is 0 Å². The number of anilines is 1. The molecule has 1 atom stereocenters. The molecule has 5 heteroatoms. The lowest BCUT2D eigenvalue weighted by molar-refractivity contribution is 0.175. The number of amides is 2. The summed E-state index contributed by atoms with van der Waals surface area (Å²) in [6, 6.07) is 7.54. The molecule has 0 radical (unpaired) electrons. The molecule has 0 fully saturated rings. The molecule has 1 aromatic carbocycles. The van der Waals surface area contributed by atoms with Gasteiger partial charge in [-0.15, -0.1) is 0 Å². The Hall–Kier alpha value is -1.85. The normalized spacial score (nSPS) is 12.2. The quantitative estimate of drug-likeness (QED) is 0.779. The molecule has 1 unspecified atom stereocenters. The second-order valence-corrected chi connectivity index (χ2v) is 6.38. The summed E-state index contributed by atoms with van der Waals surface area (Å²) in [6.07, 6.45) is -0.682. The van der Waals surface area contributed by atoms with E-state index in [-0.39, 0.29) is 12.6 Å². The van der Waals surface area contributed by atoms with Crippen molar-refractivity contribution in [3.8, 4) is 0 Å². The second kappa shape index (κ2) is 7.42. The molecular weight excluding hydrogens is 296 g/mol. The summed E-state index contributed by atoms with van der Waals surface area (Å²) >= 11 is 1.52. The van der Waals surface area contributed by atoms with E-state index < -0.39 is 6.10 Å². The Labute approximate surface area is 135 Å². The average molecular weight is 318 g/mol. The Kier molecular flexibility index (Phi) is 5.57. The number of aryl methyl sites for hydroxylation is 1.